The summed E-state index contributed by atoms with van der Waals surface area (Å²) in [5.74, 6) is 1.12. The molecular weight excluding hydrogens is 196 g/mol. The number of thioether (sulfide) groups is 1. The number of amides is 1. The third-order valence-electron chi connectivity index (χ3n) is 2.62. The average Bonchev–Trinajstić information content (AvgIpc) is 2.26. The molecule has 0 unspecified atom stereocenters. The first-order chi connectivity index (χ1) is 6.75. The summed E-state index contributed by atoms with van der Waals surface area (Å²) in [7, 11) is 0. The van der Waals surface area contributed by atoms with Crippen molar-refractivity contribution < 1.29 is 4.79 Å². The summed E-state index contributed by atoms with van der Waals surface area (Å²) in [5, 5.41) is 0. The molecular formula is C10H20N2OS. The zero-order valence-corrected chi connectivity index (χ0v) is 9.68. The van der Waals surface area contributed by atoms with Crippen LogP contribution in [0.2, 0.25) is 0 Å². The Hall–Kier alpha value is -0.220. The molecule has 0 aromatic carbocycles. The van der Waals surface area contributed by atoms with Gasteiger partial charge in [0.2, 0.25) is 5.91 Å². The van der Waals surface area contributed by atoms with Crippen LogP contribution in [0.15, 0.2) is 0 Å². The predicted molar refractivity (Wildman–Crippen MR) is 61.4 cm³/mol. The van der Waals surface area contributed by atoms with Gasteiger partial charge in [0.25, 0.3) is 0 Å². The summed E-state index contributed by atoms with van der Waals surface area (Å²) >= 11 is 1.74. The lowest BCUT2D eigenvalue weighted by Crippen LogP contribution is -2.46. The van der Waals surface area contributed by atoms with Crippen molar-refractivity contribution in [2.24, 2.45) is 5.73 Å². The van der Waals surface area contributed by atoms with Crippen molar-refractivity contribution >= 4 is 17.7 Å². The first-order valence-corrected chi connectivity index (χ1v) is 6.68. The zero-order valence-electron chi connectivity index (χ0n) is 8.87. The Morgan fingerprint density at radius 2 is 2.07 bits per heavy atom. The minimum Gasteiger partial charge on any atom is -0.341 e. The molecule has 0 radical (unpaired) electrons. The number of piperidine rings is 1. The molecule has 0 saturated carbocycles. The summed E-state index contributed by atoms with van der Waals surface area (Å²) in [6.45, 7) is 1.82. The van der Waals surface area contributed by atoms with Gasteiger partial charge in [-0.3, -0.25) is 4.79 Å². The molecule has 0 aliphatic carbocycles. The second kappa shape index (κ2) is 6.30. The molecule has 1 heterocycles. The van der Waals surface area contributed by atoms with Gasteiger partial charge in [-0.15, -0.1) is 0 Å². The van der Waals surface area contributed by atoms with Crippen LogP contribution in [-0.2, 0) is 4.79 Å². The second-order valence-electron chi connectivity index (χ2n) is 3.77. The van der Waals surface area contributed by atoms with Gasteiger partial charge in [0, 0.05) is 13.1 Å². The highest BCUT2D eigenvalue weighted by molar-refractivity contribution is 7.98. The lowest BCUT2D eigenvalue weighted by Gasteiger charge is -2.29. The van der Waals surface area contributed by atoms with Gasteiger partial charge in [-0.05, 0) is 37.7 Å². The van der Waals surface area contributed by atoms with Crippen LogP contribution in [0.5, 0.6) is 0 Å². The van der Waals surface area contributed by atoms with Crippen LogP contribution in [-0.4, -0.2) is 41.9 Å². The SMILES string of the molecule is CSCC[C@H](N)C(=O)N1CCCCC1. The molecule has 1 saturated heterocycles. The second-order valence-corrected chi connectivity index (χ2v) is 4.76. The molecule has 82 valence electrons. The van der Waals surface area contributed by atoms with E-state index >= 15 is 0 Å². The highest BCUT2D eigenvalue weighted by Gasteiger charge is 2.21. The van der Waals surface area contributed by atoms with Crippen LogP contribution in [0.4, 0.5) is 0 Å². The summed E-state index contributed by atoms with van der Waals surface area (Å²) in [4.78, 5) is 13.7. The van der Waals surface area contributed by atoms with E-state index in [4.69, 9.17) is 5.73 Å². The van der Waals surface area contributed by atoms with Crippen molar-refractivity contribution in [2.75, 3.05) is 25.1 Å². The van der Waals surface area contributed by atoms with E-state index in [1.54, 1.807) is 11.8 Å². The Morgan fingerprint density at radius 3 is 2.64 bits per heavy atom. The molecule has 1 aliphatic rings. The Balaban J connectivity index is 2.30. The predicted octanol–water partition coefficient (Wildman–Crippen LogP) is 1.08. The van der Waals surface area contributed by atoms with Gasteiger partial charge in [0.1, 0.15) is 0 Å². The van der Waals surface area contributed by atoms with Gasteiger partial charge in [-0.25, -0.2) is 0 Å². The molecule has 2 N–H and O–H groups in total. The van der Waals surface area contributed by atoms with Crippen LogP contribution in [0.3, 0.4) is 0 Å². The minimum atomic E-state index is -0.277. The van der Waals surface area contributed by atoms with Crippen LogP contribution in [0.1, 0.15) is 25.7 Å². The molecule has 1 rings (SSSR count). The first kappa shape index (κ1) is 11.9. The number of nitrogens with zero attached hydrogens (tertiary/aromatic N) is 1. The normalized spacial score (nSPS) is 19.4. The Labute approximate surface area is 90.4 Å². The molecule has 1 fully saturated rings. The summed E-state index contributed by atoms with van der Waals surface area (Å²) < 4.78 is 0. The molecule has 14 heavy (non-hydrogen) atoms. The topological polar surface area (TPSA) is 46.3 Å². The Morgan fingerprint density at radius 1 is 1.43 bits per heavy atom. The molecule has 1 aliphatic heterocycles. The van der Waals surface area contributed by atoms with E-state index in [1.165, 1.54) is 6.42 Å². The van der Waals surface area contributed by atoms with E-state index < -0.39 is 0 Å². The number of hydrogen-bond acceptors (Lipinski definition) is 3. The minimum absolute atomic E-state index is 0.152. The van der Waals surface area contributed by atoms with Crippen molar-refractivity contribution in [3.63, 3.8) is 0 Å². The fraction of sp³-hybridized carbons (Fsp3) is 0.900. The largest absolute Gasteiger partial charge is 0.341 e. The van der Waals surface area contributed by atoms with Crippen molar-refractivity contribution in [3.8, 4) is 0 Å². The van der Waals surface area contributed by atoms with E-state index in [0.717, 1.165) is 38.1 Å². The Bertz CT molecular complexity index is 181. The Kier molecular flexibility index (Phi) is 5.33. The van der Waals surface area contributed by atoms with Gasteiger partial charge < -0.3 is 10.6 Å². The highest BCUT2D eigenvalue weighted by Crippen LogP contribution is 2.11. The van der Waals surface area contributed by atoms with E-state index in [1.807, 2.05) is 11.2 Å². The number of nitrogens with two attached hydrogens (primary N) is 1. The highest BCUT2D eigenvalue weighted by atomic mass is 32.2. The average molecular weight is 216 g/mol. The summed E-state index contributed by atoms with van der Waals surface area (Å²) in [6.07, 6.45) is 6.38. The quantitative estimate of drug-likeness (QED) is 0.765. The van der Waals surface area contributed by atoms with Gasteiger partial charge in [-0.2, -0.15) is 11.8 Å². The van der Waals surface area contributed by atoms with Gasteiger partial charge in [0.15, 0.2) is 0 Å². The van der Waals surface area contributed by atoms with Crippen LogP contribution in [0.25, 0.3) is 0 Å². The van der Waals surface area contributed by atoms with Crippen LogP contribution >= 0.6 is 11.8 Å². The fourth-order valence-electron chi connectivity index (χ4n) is 1.72. The van der Waals surface area contributed by atoms with E-state index in [-0.39, 0.29) is 11.9 Å². The molecule has 0 bridgehead atoms. The molecule has 0 aromatic rings. The molecule has 3 nitrogen and oxygen atoms in total. The smallest absolute Gasteiger partial charge is 0.239 e. The van der Waals surface area contributed by atoms with Crippen molar-refractivity contribution in [3.05, 3.63) is 0 Å². The maximum Gasteiger partial charge on any atom is 0.239 e. The van der Waals surface area contributed by atoms with Crippen molar-refractivity contribution in [2.45, 2.75) is 31.7 Å². The van der Waals surface area contributed by atoms with Gasteiger partial charge in [0.05, 0.1) is 6.04 Å². The fourth-order valence-corrected chi connectivity index (χ4v) is 2.21. The monoisotopic (exact) mass is 216 g/mol. The van der Waals surface area contributed by atoms with Crippen LogP contribution < -0.4 is 5.73 Å². The third kappa shape index (κ3) is 3.50. The number of likely N-dealkylation sites (tertiary alicyclic amines) is 1. The number of rotatable bonds is 4. The molecule has 0 aromatic heterocycles. The van der Waals surface area contributed by atoms with Gasteiger partial charge in [-0.1, -0.05) is 0 Å². The van der Waals surface area contributed by atoms with E-state index in [2.05, 4.69) is 0 Å². The maximum atomic E-state index is 11.8. The lowest BCUT2D eigenvalue weighted by atomic mass is 10.1. The third-order valence-corrected chi connectivity index (χ3v) is 3.26. The molecule has 0 spiro atoms. The number of carbonyl (C=O) groups is 1. The number of hydrogen-bond donors (Lipinski definition) is 1. The van der Waals surface area contributed by atoms with Crippen molar-refractivity contribution in [1.29, 1.82) is 0 Å². The van der Waals surface area contributed by atoms with E-state index in [0.29, 0.717) is 0 Å². The van der Waals surface area contributed by atoms with Crippen molar-refractivity contribution in [1.82, 2.24) is 4.90 Å². The van der Waals surface area contributed by atoms with Gasteiger partial charge >= 0.3 is 0 Å². The first-order valence-electron chi connectivity index (χ1n) is 5.29. The molecule has 1 amide bonds. The van der Waals surface area contributed by atoms with Crippen LogP contribution in [0, 0.1) is 0 Å². The summed E-state index contributed by atoms with van der Waals surface area (Å²) in [6, 6.07) is -0.277. The number of carbonyl (C=O) groups excluding carboxylic acids is 1. The summed E-state index contributed by atoms with van der Waals surface area (Å²) in [5.41, 5.74) is 5.83. The zero-order chi connectivity index (χ0) is 10.4. The van der Waals surface area contributed by atoms with E-state index in [9.17, 15) is 4.79 Å². The molecule has 1 atom stereocenters. The maximum absolute atomic E-state index is 11.8. The standard InChI is InChI=1S/C10H20N2OS/c1-14-8-5-9(11)10(13)12-6-3-2-4-7-12/h9H,2-8,11H2,1H3/t9-/m0/s1. The molecule has 4 heteroatoms. The lowest BCUT2D eigenvalue weighted by molar-refractivity contribution is -0.133.